The van der Waals surface area contributed by atoms with E-state index in [1.54, 1.807) is 4.90 Å². The number of aryl methyl sites for hydroxylation is 1. The van der Waals surface area contributed by atoms with Crippen LogP contribution in [0.5, 0.6) is 0 Å². The lowest BCUT2D eigenvalue weighted by atomic mass is 10.1. The average molecular weight is 329 g/mol. The van der Waals surface area contributed by atoms with Crippen LogP contribution in [-0.2, 0) is 16.1 Å². The lowest BCUT2D eigenvalue weighted by molar-refractivity contribution is -0.135. The first-order valence-corrected chi connectivity index (χ1v) is 8.97. The molecule has 0 aliphatic carbocycles. The van der Waals surface area contributed by atoms with Gasteiger partial charge in [-0.05, 0) is 50.8 Å². The molecule has 130 valence electrons. The number of amides is 2. The van der Waals surface area contributed by atoms with Gasteiger partial charge in [0, 0.05) is 19.5 Å². The van der Waals surface area contributed by atoms with Crippen molar-refractivity contribution >= 4 is 11.8 Å². The zero-order valence-electron chi connectivity index (χ0n) is 14.4. The van der Waals surface area contributed by atoms with Crippen LogP contribution in [0.2, 0.25) is 0 Å². The number of rotatable bonds is 6. The number of nitrogens with zero attached hydrogens (tertiary/aromatic N) is 1. The summed E-state index contributed by atoms with van der Waals surface area (Å²) in [6.45, 7) is 5.40. The van der Waals surface area contributed by atoms with Crippen molar-refractivity contribution in [1.82, 2.24) is 15.5 Å². The topological polar surface area (TPSA) is 61.4 Å². The summed E-state index contributed by atoms with van der Waals surface area (Å²) >= 11 is 0. The molecule has 2 N–H and O–H groups in total. The molecule has 1 aromatic carbocycles. The molecular formula is C19H27N3O2. The van der Waals surface area contributed by atoms with E-state index in [0.29, 0.717) is 31.8 Å². The fourth-order valence-electron chi connectivity index (χ4n) is 3.57. The highest BCUT2D eigenvalue weighted by atomic mass is 16.2. The zero-order chi connectivity index (χ0) is 16.9. The number of carbonyl (C=O) groups excluding carboxylic acids is 2. The minimum absolute atomic E-state index is 0.00100. The Morgan fingerprint density at radius 1 is 1.29 bits per heavy atom. The molecule has 0 bridgehead atoms. The second kappa shape index (κ2) is 7.79. The number of hydrogen-bond acceptors (Lipinski definition) is 3. The van der Waals surface area contributed by atoms with Crippen LogP contribution in [-0.4, -0.2) is 42.4 Å². The fraction of sp³-hybridized carbons (Fsp3) is 0.579. The van der Waals surface area contributed by atoms with Crippen molar-refractivity contribution < 1.29 is 9.59 Å². The number of benzene rings is 1. The van der Waals surface area contributed by atoms with Gasteiger partial charge < -0.3 is 15.5 Å². The molecule has 2 amide bonds. The summed E-state index contributed by atoms with van der Waals surface area (Å²) < 4.78 is 0. The number of carbonyl (C=O) groups is 2. The van der Waals surface area contributed by atoms with Crippen LogP contribution in [0.1, 0.15) is 36.8 Å². The maximum Gasteiger partial charge on any atom is 0.242 e. The van der Waals surface area contributed by atoms with E-state index in [4.69, 9.17) is 0 Å². The van der Waals surface area contributed by atoms with E-state index in [1.165, 1.54) is 12.0 Å². The molecule has 2 fully saturated rings. The lowest BCUT2D eigenvalue weighted by Gasteiger charge is -2.24. The van der Waals surface area contributed by atoms with E-state index in [2.05, 4.69) is 10.6 Å². The maximum absolute atomic E-state index is 12.5. The Balaban J connectivity index is 1.53. The van der Waals surface area contributed by atoms with Gasteiger partial charge in [-0.3, -0.25) is 9.59 Å². The first-order valence-electron chi connectivity index (χ1n) is 8.97. The first kappa shape index (κ1) is 17.0. The summed E-state index contributed by atoms with van der Waals surface area (Å²) in [6, 6.07) is 7.83. The van der Waals surface area contributed by atoms with Crippen molar-refractivity contribution in [1.29, 1.82) is 0 Å². The molecule has 0 saturated carbocycles. The third-order valence-corrected chi connectivity index (χ3v) is 5.12. The smallest absolute Gasteiger partial charge is 0.242 e. The van der Waals surface area contributed by atoms with Crippen LogP contribution in [0.25, 0.3) is 0 Å². The quantitative estimate of drug-likeness (QED) is 0.833. The highest BCUT2D eigenvalue weighted by Gasteiger charge is 2.35. The van der Waals surface area contributed by atoms with Crippen LogP contribution in [0.3, 0.4) is 0 Å². The van der Waals surface area contributed by atoms with Gasteiger partial charge in [0.25, 0.3) is 0 Å². The second-order valence-electron chi connectivity index (χ2n) is 7.00. The Morgan fingerprint density at radius 3 is 2.79 bits per heavy atom. The van der Waals surface area contributed by atoms with Crippen molar-refractivity contribution in [2.45, 2.75) is 45.2 Å². The van der Waals surface area contributed by atoms with Gasteiger partial charge in [-0.25, -0.2) is 0 Å². The monoisotopic (exact) mass is 329 g/mol. The molecule has 2 heterocycles. The normalized spacial score (nSPS) is 23.7. The lowest BCUT2D eigenvalue weighted by Crippen LogP contribution is -2.44. The Labute approximate surface area is 143 Å². The zero-order valence-corrected chi connectivity index (χ0v) is 14.4. The van der Waals surface area contributed by atoms with Gasteiger partial charge in [0.1, 0.15) is 6.04 Å². The Hall–Kier alpha value is -1.88. The van der Waals surface area contributed by atoms with E-state index in [1.807, 2.05) is 31.2 Å². The summed E-state index contributed by atoms with van der Waals surface area (Å²) in [7, 11) is 0. The Bertz CT molecular complexity index is 579. The third kappa shape index (κ3) is 4.15. The second-order valence-corrected chi connectivity index (χ2v) is 7.00. The van der Waals surface area contributed by atoms with Crippen LogP contribution in [0, 0.1) is 12.8 Å². The molecule has 5 nitrogen and oxygen atoms in total. The SMILES string of the molecule is Cc1ccc(CN2C(=O)CCC2C(=O)NCCC2CCNC2)cc1. The summed E-state index contributed by atoms with van der Waals surface area (Å²) in [4.78, 5) is 26.4. The maximum atomic E-state index is 12.5. The molecule has 5 heteroatoms. The van der Waals surface area contributed by atoms with Gasteiger partial charge in [0.2, 0.25) is 11.8 Å². The first-order chi connectivity index (χ1) is 11.6. The molecule has 2 aliphatic rings. The molecule has 0 radical (unpaired) electrons. The fourth-order valence-corrected chi connectivity index (χ4v) is 3.57. The summed E-state index contributed by atoms with van der Waals surface area (Å²) in [5, 5.41) is 6.38. The standard InChI is InChI=1S/C19H27N3O2/c1-14-2-4-16(5-3-14)13-22-17(6-7-18(22)23)19(24)21-11-9-15-8-10-20-12-15/h2-5,15,17,20H,6-13H2,1H3,(H,21,24). The molecule has 2 saturated heterocycles. The predicted molar refractivity (Wildman–Crippen MR) is 93.4 cm³/mol. The molecule has 2 atom stereocenters. The van der Waals surface area contributed by atoms with Gasteiger partial charge in [-0.15, -0.1) is 0 Å². The Morgan fingerprint density at radius 2 is 2.08 bits per heavy atom. The van der Waals surface area contributed by atoms with Crippen molar-refractivity contribution in [3.8, 4) is 0 Å². The van der Waals surface area contributed by atoms with Crippen LogP contribution in [0.4, 0.5) is 0 Å². The molecule has 2 unspecified atom stereocenters. The highest BCUT2D eigenvalue weighted by molar-refractivity contribution is 5.90. The highest BCUT2D eigenvalue weighted by Crippen LogP contribution is 2.22. The summed E-state index contributed by atoms with van der Waals surface area (Å²) in [6.07, 6.45) is 3.30. The average Bonchev–Trinajstić information content (AvgIpc) is 3.20. The minimum atomic E-state index is -0.319. The van der Waals surface area contributed by atoms with Crippen molar-refractivity contribution in [2.75, 3.05) is 19.6 Å². The third-order valence-electron chi connectivity index (χ3n) is 5.12. The Kier molecular flexibility index (Phi) is 5.51. The predicted octanol–water partition coefficient (Wildman–Crippen LogP) is 1.60. The van der Waals surface area contributed by atoms with Crippen LogP contribution < -0.4 is 10.6 Å². The molecule has 0 spiro atoms. The van der Waals surface area contributed by atoms with E-state index < -0.39 is 0 Å². The minimum Gasteiger partial charge on any atom is -0.354 e. The molecule has 24 heavy (non-hydrogen) atoms. The van der Waals surface area contributed by atoms with Gasteiger partial charge in [-0.2, -0.15) is 0 Å². The van der Waals surface area contributed by atoms with Crippen molar-refractivity contribution in [3.05, 3.63) is 35.4 Å². The van der Waals surface area contributed by atoms with Gasteiger partial charge in [0.15, 0.2) is 0 Å². The number of likely N-dealkylation sites (tertiary alicyclic amines) is 1. The largest absolute Gasteiger partial charge is 0.354 e. The van der Waals surface area contributed by atoms with Gasteiger partial charge in [-0.1, -0.05) is 29.8 Å². The van der Waals surface area contributed by atoms with Crippen LogP contribution >= 0.6 is 0 Å². The van der Waals surface area contributed by atoms with Crippen molar-refractivity contribution in [3.63, 3.8) is 0 Å². The number of hydrogen-bond donors (Lipinski definition) is 2. The summed E-state index contributed by atoms with van der Waals surface area (Å²) in [5.41, 5.74) is 2.27. The van der Waals surface area contributed by atoms with Gasteiger partial charge >= 0.3 is 0 Å². The van der Waals surface area contributed by atoms with E-state index in [0.717, 1.165) is 25.1 Å². The van der Waals surface area contributed by atoms with Gasteiger partial charge in [0.05, 0.1) is 0 Å². The molecule has 3 rings (SSSR count). The van der Waals surface area contributed by atoms with Crippen LogP contribution in [0.15, 0.2) is 24.3 Å². The molecular weight excluding hydrogens is 302 g/mol. The summed E-state index contributed by atoms with van der Waals surface area (Å²) in [5.74, 6) is 0.744. The van der Waals surface area contributed by atoms with E-state index >= 15 is 0 Å². The molecule has 2 aliphatic heterocycles. The van der Waals surface area contributed by atoms with E-state index in [9.17, 15) is 9.59 Å². The number of nitrogens with one attached hydrogen (secondary N) is 2. The van der Waals surface area contributed by atoms with Crippen molar-refractivity contribution in [2.24, 2.45) is 5.92 Å². The van der Waals surface area contributed by atoms with E-state index in [-0.39, 0.29) is 17.9 Å². The molecule has 0 aromatic heterocycles. The molecule has 1 aromatic rings.